The normalized spacial score (nSPS) is 17.1. The molecule has 1 aliphatic heterocycles. The van der Waals surface area contributed by atoms with E-state index in [2.05, 4.69) is 30.2 Å². The van der Waals surface area contributed by atoms with Gasteiger partial charge in [-0.15, -0.1) is 0 Å². The first kappa shape index (κ1) is 14.5. The quantitative estimate of drug-likeness (QED) is 0.583. The van der Waals surface area contributed by atoms with E-state index >= 15 is 0 Å². The second-order valence-corrected chi connectivity index (χ2v) is 4.73. The van der Waals surface area contributed by atoms with Crippen molar-refractivity contribution in [1.29, 1.82) is 0 Å². The molecular formula is C14H21N3O. The molecule has 0 bridgehead atoms. The lowest BCUT2D eigenvalue weighted by atomic mass is 10.0. The zero-order chi connectivity index (χ0) is 13.5. The van der Waals surface area contributed by atoms with E-state index < -0.39 is 0 Å². The molecule has 0 aromatic carbocycles. The fourth-order valence-corrected chi connectivity index (χ4v) is 1.75. The summed E-state index contributed by atoms with van der Waals surface area (Å²) in [6.07, 6.45) is 9.08. The molecule has 1 aliphatic rings. The Morgan fingerprint density at radius 1 is 1.61 bits per heavy atom. The van der Waals surface area contributed by atoms with Crippen LogP contribution in [-0.2, 0) is 4.79 Å². The maximum Gasteiger partial charge on any atom is 0.226 e. The number of nitrogens with zero attached hydrogens (tertiary/aromatic N) is 2. The minimum Gasteiger partial charge on any atom is -0.339 e. The summed E-state index contributed by atoms with van der Waals surface area (Å²) in [5.41, 5.74) is 1.01. The number of carbonyl (C=O) groups is 1. The molecule has 1 rings (SSSR count). The van der Waals surface area contributed by atoms with Crippen molar-refractivity contribution < 1.29 is 4.79 Å². The third kappa shape index (κ3) is 4.01. The van der Waals surface area contributed by atoms with E-state index in [0.717, 1.165) is 18.7 Å². The second-order valence-electron chi connectivity index (χ2n) is 4.73. The fraction of sp³-hybridized carbons (Fsp3) is 0.571. The van der Waals surface area contributed by atoms with Crippen LogP contribution in [0.15, 0.2) is 16.6 Å². The van der Waals surface area contributed by atoms with Gasteiger partial charge in [-0.25, -0.2) is 4.99 Å². The third-order valence-corrected chi connectivity index (χ3v) is 3.11. The monoisotopic (exact) mass is 247 g/mol. The lowest BCUT2D eigenvalue weighted by Gasteiger charge is -2.39. The number of likely N-dealkylation sites (tertiary alicyclic amines) is 1. The highest BCUT2D eigenvalue weighted by Crippen LogP contribution is 2.12. The molecule has 4 nitrogen and oxygen atoms in total. The van der Waals surface area contributed by atoms with Gasteiger partial charge in [-0.3, -0.25) is 4.79 Å². The van der Waals surface area contributed by atoms with Crippen LogP contribution in [0.4, 0.5) is 0 Å². The Morgan fingerprint density at radius 2 is 2.28 bits per heavy atom. The minimum atomic E-state index is 0.161. The van der Waals surface area contributed by atoms with Gasteiger partial charge < -0.3 is 10.2 Å². The van der Waals surface area contributed by atoms with E-state index in [1.807, 2.05) is 18.0 Å². The minimum absolute atomic E-state index is 0.161. The van der Waals surface area contributed by atoms with Gasteiger partial charge in [0.25, 0.3) is 0 Å². The van der Waals surface area contributed by atoms with Crippen molar-refractivity contribution in [3.05, 3.63) is 11.6 Å². The summed E-state index contributed by atoms with van der Waals surface area (Å²) in [6, 6.07) is 2.67. The highest BCUT2D eigenvalue weighted by molar-refractivity contribution is 5.83. The van der Waals surface area contributed by atoms with Crippen LogP contribution in [0.1, 0.15) is 20.3 Å². The lowest BCUT2D eigenvalue weighted by Crippen LogP contribution is -2.58. The predicted octanol–water partition coefficient (Wildman–Crippen LogP) is 1.05. The topological polar surface area (TPSA) is 44.7 Å². The van der Waals surface area contributed by atoms with Crippen LogP contribution in [0.25, 0.3) is 0 Å². The average molecular weight is 247 g/mol. The number of amides is 1. The number of hydrogen-bond donors (Lipinski definition) is 1. The Kier molecular flexibility index (Phi) is 5.60. The molecule has 1 amide bonds. The summed E-state index contributed by atoms with van der Waals surface area (Å²) in [5.74, 6) is 0.477. The number of aliphatic imine (C=N–C) groups is 1. The van der Waals surface area contributed by atoms with Crippen molar-refractivity contribution in [3.8, 4) is 12.5 Å². The van der Waals surface area contributed by atoms with Crippen molar-refractivity contribution in [2.45, 2.75) is 26.3 Å². The fourth-order valence-electron chi connectivity index (χ4n) is 1.75. The van der Waals surface area contributed by atoms with Crippen LogP contribution in [0.2, 0.25) is 0 Å². The van der Waals surface area contributed by atoms with Crippen LogP contribution < -0.4 is 5.32 Å². The summed E-state index contributed by atoms with van der Waals surface area (Å²) in [7, 11) is 1.92. The van der Waals surface area contributed by atoms with Gasteiger partial charge in [0.2, 0.25) is 5.91 Å². The van der Waals surface area contributed by atoms with Gasteiger partial charge in [0.1, 0.15) is 0 Å². The van der Waals surface area contributed by atoms with E-state index in [1.165, 1.54) is 0 Å². The molecule has 1 saturated heterocycles. The van der Waals surface area contributed by atoms with Gasteiger partial charge >= 0.3 is 0 Å². The highest BCUT2D eigenvalue weighted by atomic mass is 16.2. The van der Waals surface area contributed by atoms with Crippen LogP contribution >= 0.6 is 0 Å². The van der Waals surface area contributed by atoms with Gasteiger partial charge in [-0.05, 0) is 18.5 Å². The van der Waals surface area contributed by atoms with Crippen molar-refractivity contribution in [3.63, 3.8) is 0 Å². The molecule has 0 aliphatic carbocycles. The number of nitrogens with one attached hydrogen (secondary N) is 1. The zero-order valence-corrected chi connectivity index (χ0v) is 11.3. The van der Waals surface area contributed by atoms with E-state index in [0.29, 0.717) is 18.4 Å². The number of allylic oxidation sites excluding steroid dienone is 1. The number of rotatable bonds is 5. The summed E-state index contributed by atoms with van der Waals surface area (Å²) in [4.78, 5) is 17.5. The molecule has 4 heteroatoms. The van der Waals surface area contributed by atoms with Crippen molar-refractivity contribution in [2.24, 2.45) is 10.9 Å². The molecule has 0 unspecified atom stereocenters. The van der Waals surface area contributed by atoms with E-state index in [-0.39, 0.29) is 5.91 Å². The molecule has 1 fully saturated rings. The lowest BCUT2D eigenvalue weighted by molar-refractivity contribution is -0.134. The van der Waals surface area contributed by atoms with Gasteiger partial charge in [0.15, 0.2) is 0 Å². The van der Waals surface area contributed by atoms with Gasteiger partial charge in [0.05, 0.1) is 0 Å². The zero-order valence-electron chi connectivity index (χ0n) is 11.3. The van der Waals surface area contributed by atoms with E-state index in [1.54, 1.807) is 6.21 Å². The number of carbonyl (C=O) groups excluding carboxylic acids is 1. The standard InChI is InChI=1S/C14H21N3O/c1-5-16-8-12(11(2)3)6-7-14(18)17-9-13(10-17)15-4/h1,6,8,11,13,15H,7,9-10H2,2-4H3/b12-6+,16-8-. The van der Waals surface area contributed by atoms with Crippen LogP contribution in [0.3, 0.4) is 0 Å². The van der Waals surface area contributed by atoms with Crippen molar-refractivity contribution >= 4 is 12.1 Å². The molecule has 98 valence electrons. The average Bonchev–Trinajstić information content (AvgIpc) is 2.27. The Balaban J connectivity index is 2.48. The molecule has 1 heterocycles. The van der Waals surface area contributed by atoms with E-state index in [4.69, 9.17) is 6.42 Å². The van der Waals surface area contributed by atoms with Gasteiger partial charge in [-0.2, -0.15) is 0 Å². The number of hydrogen-bond acceptors (Lipinski definition) is 3. The molecule has 0 spiro atoms. The Labute approximate surface area is 109 Å². The highest BCUT2D eigenvalue weighted by Gasteiger charge is 2.28. The number of terminal acetylenes is 1. The molecule has 0 saturated carbocycles. The predicted molar refractivity (Wildman–Crippen MR) is 74.3 cm³/mol. The molecule has 0 radical (unpaired) electrons. The first-order valence-corrected chi connectivity index (χ1v) is 6.22. The Hall–Kier alpha value is -1.60. The Bertz CT molecular complexity index is 384. The van der Waals surface area contributed by atoms with Crippen molar-refractivity contribution in [1.82, 2.24) is 10.2 Å². The van der Waals surface area contributed by atoms with Crippen LogP contribution in [0.5, 0.6) is 0 Å². The molecule has 18 heavy (non-hydrogen) atoms. The van der Waals surface area contributed by atoms with Gasteiger partial charge in [0, 0.05) is 37.8 Å². The summed E-state index contributed by atoms with van der Waals surface area (Å²) < 4.78 is 0. The largest absolute Gasteiger partial charge is 0.339 e. The molecule has 0 aromatic heterocycles. The summed E-state index contributed by atoms with van der Waals surface area (Å²) in [6.45, 7) is 5.72. The maximum atomic E-state index is 11.9. The number of likely N-dealkylation sites (N-methyl/N-ethyl adjacent to an activating group) is 1. The SMILES string of the molecule is C#C/N=C\C(=C/CC(=O)N1CC(NC)C1)C(C)C. The first-order chi connectivity index (χ1) is 8.58. The first-order valence-electron chi connectivity index (χ1n) is 6.22. The molecule has 1 N–H and O–H groups in total. The van der Waals surface area contributed by atoms with Crippen LogP contribution in [-0.4, -0.2) is 43.2 Å². The molecule has 0 aromatic rings. The third-order valence-electron chi connectivity index (χ3n) is 3.11. The maximum absolute atomic E-state index is 11.9. The molecular weight excluding hydrogens is 226 g/mol. The smallest absolute Gasteiger partial charge is 0.226 e. The van der Waals surface area contributed by atoms with Crippen LogP contribution in [0, 0.1) is 18.4 Å². The summed E-state index contributed by atoms with van der Waals surface area (Å²) >= 11 is 0. The van der Waals surface area contributed by atoms with Crippen molar-refractivity contribution in [2.75, 3.05) is 20.1 Å². The second kappa shape index (κ2) is 6.97. The summed E-state index contributed by atoms with van der Waals surface area (Å²) in [5, 5.41) is 3.14. The van der Waals surface area contributed by atoms with Gasteiger partial charge in [-0.1, -0.05) is 26.3 Å². The van der Waals surface area contributed by atoms with E-state index in [9.17, 15) is 4.79 Å². The molecule has 0 atom stereocenters. The Morgan fingerprint density at radius 3 is 2.78 bits per heavy atom.